The van der Waals surface area contributed by atoms with Gasteiger partial charge in [0.2, 0.25) is 10.0 Å². The Morgan fingerprint density at radius 2 is 1.82 bits per heavy atom. The monoisotopic (exact) mass is 465 g/mol. The van der Waals surface area contributed by atoms with Crippen molar-refractivity contribution in [3.05, 3.63) is 62.7 Å². The van der Waals surface area contributed by atoms with E-state index in [-0.39, 0.29) is 5.37 Å². The maximum atomic E-state index is 12.9. The van der Waals surface area contributed by atoms with Crippen LogP contribution in [0.4, 0.5) is 0 Å². The van der Waals surface area contributed by atoms with E-state index in [1.165, 1.54) is 0 Å². The van der Waals surface area contributed by atoms with Crippen LogP contribution in [0.25, 0.3) is 0 Å². The zero-order chi connectivity index (χ0) is 15.7. The number of rotatable bonds is 3. The molecule has 3 nitrogen and oxygen atoms in total. The van der Waals surface area contributed by atoms with E-state index < -0.39 is 10.0 Å². The number of hydrogen-bond acceptors (Lipinski definition) is 3. The van der Waals surface area contributed by atoms with Crippen molar-refractivity contribution in [2.24, 2.45) is 0 Å². The predicted molar refractivity (Wildman–Crippen MR) is 99.7 cm³/mol. The number of nitrogens with zero attached hydrogens (tertiary/aromatic N) is 1. The molecule has 1 saturated heterocycles. The summed E-state index contributed by atoms with van der Waals surface area (Å²) in [6.45, 7) is 0.495. The van der Waals surface area contributed by atoms with E-state index >= 15 is 0 Å². The van der Waals surface area contributed by atoms with Crippen molar-refractivity contribution in [3.8, 4) is 0 Å². The summed E-state index contributed by atoms with van der Waals surface area (Å²) >= 11 is 10.0. The molecule has 1 aliphatic rings. The quantitative estimate of drug-likeness (QED) is 0.631. The third-order valence-electron chi connectivity index (χ3n) is 3.44. The van der Waals surface area contributed by atoms with Crippen LogP contribution in [0.3, 0.4) is 0 Å². The summed E-state index contributed by atoms with van der Waals surface area (Å²) in [6, 6.07) is 14.3. The third kappa shape index (κ3) is 3.17. The number of benzene rings is 2. The molecule has 116 valence electrons. The fourth-order valence-electron chi connectivity index (χ4n) is 2.36. The zero-order valence-corrected chi connectivity index (χ0v) is 16.0. The Hall–Kier alpha value is -0.280. The van der Waals surface area contributed by atoms with Crippen LogP contribution in [-0.4, -0.2) is 25.0 Å². The smallest absolute Gasteiger partial charge is 0.207 e. The second-order valence-electron chi connectivity index (χ2n) is 4.81. The Morgan fingerprint density at radius 3 is 2.50 bits per heavy atom. The fourth-order valence-corrected chi connectivity index (χ4v) is 6.29. The van der Waals surface area contributed by atoms with Gasteiger partial charge in [-0.2, -0.15) is 4.31 Å². The molecular weight excluding hydrogens is 453 g/mol. The normalized spacial score (nSPS) is 19.5. The van der Waals surface area contributed by atoms with Gasteiger partial charge in [0.1, 0.15) is 0 Å². The molecule has 1 unspecified atom stereocenters. The molecule has 0 N–H and O–H groups in total. The lowest BCUT2D eigenvalue weighted by atomic mass is 10.2. The van der Waals surface area contributed by atoms with Crippen LogP contribution in [0.2, 0.25) is 5.02 Å². The minimum Gasteiger partial charge on any atom is -0.207 e. The van der Waals surface area contributed by atoms with Crippen molar-refractivity contribution in [1.29, 1.82) is 0 Å². The van der Waals surface area contributed by atoms with Crippen molar-refractivity contribution < 1.29 is 8.42 Å². The number of halogens is 2. The summed E-state index contributed by atoms with van der Waals surface area (Å²) in [6.07, 6.45) is 0. The third-order valence-corrected chi connectivity index (χ3v) is 7.76. The first-order chi connectivity index (χ1) is 10.5. The van der Waals surface area contributed by atoms with Crippen LogP contribution in [0.5, 0.6) is 0 Å². The maximum Gasteiger partial charge on any atom is 0.244 e. The highest BCUT2D eigenvalue weighted by Gasteiger charge is 2.37. The van der Waals surface area contributed by atoms with Gasteiger partial charge in [-0.1, -0.05) is 29.8 Å². The highest BCUT2D eigenvalue weighted by molar-refractivity contribution is 14.1. The summed E-state index contributed by atoms with van der Waals surface area (Å²) in [4.78, 5) is 0.326. The summed E-state index contributed by atoms with van der Waals surface area (Å²) < 4.78 is 28.4. The molecule has 2 aromatic rings. The second kappa shape index (κ2) is 6.68. The van der Waals surface area contributed by atoms with E-state index in [0.717, 1.165) is 14.9 Å². The average molecular weight is 466 g/mol. The lowest BCUT2D eigenvalue weighted by Crippen LogP contribution is -2.30. The van der Waals surface area contributed by atoms with Crippen LogP contribution < -0.4 is 0 Å². The fraction of sp³-hybridized carbons (Fsp3) is 0.200. The van der Waals surface area contributed by atoms with Crippen LogP contribution in [0, 0.1) is 3.57 Å². The number of thioether (sulfide) groups is 1. The highest BCUT2D eigenvalue weighted by atomic mass is 127. The number of sulfonamides is 1. The SMILES string of the molecule is O=S(=O)(c1ccc(I)cc1)N1CCSC1c1ccccc1Cl. The minimum absolute atomic E-state index is 0.266. The van der Waals surface area contributed by atoms with Gasteiger partial charge in [0.15, 0.2) is 0 Å². The molecule has 1 aliphatic heterocycles. The summed E-state index contributed by atoms with van der Waals surface area (Å²) in [5, 5.41) is 0.336. The van der Waals surface area contributed by atoms with Gasteiger partial charge in [0.05, 0.1) is 10.3 Å². The predicted octanol–water partition coefficient (Wildman–Crippen LogP) is 4.38. The Morgan fingerprint density at radius 1 is 1.14 bits per heavy atom. The topological polar surface area (TPSA) is 37.4 Å². The Bertz CT molecular complexity index is 780. The summed E-state index contributed by atoms with van der Waals surface area (Å²) in [7, 11) is -3.52. The van der Waals surface area contributed by atoms with E-state index in [4.69, 9.17) is 11.6 Å². The van der Waals surface area contributed by atoms with Crippen molar-refractivity contribution in [1.82, 2.24) is 4.31 Å². The van der Waals surface area contributed by atoms with E-state index in [2.05, 4.69) is 22.6 Å². The Labute approximate surface area is 153 Å². The minimum atomic E-state index is -3.52. The maximum absolute atomic E-state index is 12.9. The molecule has 2 aromatic carbocycles. The molecule has 0 bridgehead atoms. The van der Waals surface area contributed by atoms with Gasteiger partial charge in [-0.3, -0.25) is 0 Å². The van der Waals surface area contributed by atoms with Crippen LogP contribution in [0.15, 0.2) is 53.4 Å². The molecule has 0 aromatic heterocycles. The zero-order valence-electron chi connectivity index (χ0n) is 11.4. The Kier molecular flexibility index (Phi) is 5.04. The van der Waals surface area contributed by atoms with Crippen molar-refractivity contribution in [3.63, 3.8) is 0 Å². The summed E-state index contributed by atoms with van der Waals surface area (Å²) in [5.41, 5.74) is 0.848. The lowest BCUT2D eigenvalue weighted by Gasteiger charge is -2.24. The molecule has 0 amide bonds. The van der Waals surface area contributed by atoms with Crippen molar-refractivity contribution in [2.45, 2.75) is 10.3 Å². The van der Waals surface area contributed by atoms with Crippen LogP contribution in [-0.2, 0) is 10.0 Å². The van der Waals surface area contributed by atoms with Crippen molar-refractivity contribution in [2.75, 3.05) is 12.3 Å². The lowest BCUT2D eigenvalue weighted by molar-refractivity contribution is 0.434. The molecule has 7 heteroatoms. The molecular formula is C15H13ClINO2S2. The van der Waals surface area contributed by atoms with Gasteiger partial charge in [-0.05, 0) is 58.5 Å². The molecule has 0 radical (unpaired) electrons. The van der Waals surface area contributed by atoms with Crippen molar-refractivity contribution >= 4 is 56.0 Å². The molecule has 0 saturated carbocycles. The standard InChI is InChI=1S/C15H13ClINO2S2/c16-14-4-2-1-3-13(14)15-18(9-10-21-15)22(19,20)12-7-5-11(17)6-8-12/h1-8,15H,9-10H2. The number of hydrogen-bond donors (Lipinski definition) is 0. The Balaban J connectivity index is 1.99. The molecule has 22 heavy (non-hydrogen) atoms. The molecule has 1 atom stereocenters. The first-order valence-corrected chi connectivity index (χ1v) is 10.6. The van der Waals surface area contributed by atoms with E-state index in [9.17, 15) is 8.42 Å². The van der Waals surface area contributed by atoms with E-state index in [0.29, 0.717) is 16.5 Å². The summed E-state index contributed by atoms with van der Waals surface area (Å²) in [5.74, 6) is 0.763. The molecule has 3 rings (SSSR count). The van der Waals surface area contributed by atoms with Crippen LogP contribution in [0.1, 0.15) is 10.9 Å². The van der Waals surface area contributed by atoms with Gasteiger partial charge in [0, 0.05) is 20.9 Å². The molecule has 0 spiro atoms. The first-order valence-electron chi connectivity index (χ1n) is 6.63. The van der Waals surface area contributed by atoms with E-state index in [1.807, 2.05) is 18.2 Å². The van der Waals surface area contributed by atoms with Gasteiger partial charge in [-0.25, -0.2) is 8.42 Å². The van der Waals surface area contributed by atoms with Gasteiger partial charge < -0.3 is 0 Å². The molecule has 1 heterocycles. The van der Waals surface area contributed by atoms with E-state index in [1.54, 1.807) is 46.4 Å². The first kappa shape index (κ1) is 16.6. The van der Waals surface area contributed by atoms with Gasteiger partial charge in [-0.15, -0.1) is 11.8 Å². The van der Waals surface area contributed by atoms with Gasteiger partial charge in [0.25, 0.3) is 0 Å². The largest absolute Gasteiger partial charge is 0.244 e. The highest BCUT2D eigenvalue weighted by Crippen LogP contribution is 2.43. The van der Waals surface area contributed by atoms with Gasteiger partial charge >= 0.3 is 0 Å². The molecule has 1 fully saturated rings. The second-order valence-corrected chi connectivity index (χ2v) is 9.55. The average Bonchev–Trinajstić information content (AvgIpc) is 2.98. The van der Waals surface area contributed by atoms with Crippen LogP contribution >= 0.6 is 46.0 Å². The molecule has 0 aliphatic carbocycles.